The highest BCUT2D eigenvalue weighted by atomic mass is 32.1. The van der Waals surface area contributed by atoms with Gasteiger partial charge in [-0.3, -0.25) is 5.32 Å². The van der Waals surface area contributed by atoms with E-state index in [1.807, 2.05) is 0 Å². The Labute approximate surface area is 117 Å². The minimum Gasteiger partial charge on any atom is -0.478 e. The zero-order valence-corrected chi connectivity index (χ0v) is 12.8. The average molecular weight is 286 g/mol. The third kappa shape index (κ3) is 3.75. The molecule has 0 aliphatic rings. The van der Waals surface area contributed by atoms with Gasteiger partial charge >= 0.3 is 5.97 Å². The molecule has 0 fully saturated rings. The normalized spacial score (nSPS) is 15.5. The number of hydrogen-bond donors (Lipinski definition) is 3. The number of aliphatic hydroxyl groups is 1. The predicted octanol–water partition coefficient (Wildman–Crippen LogP) is 1.96. The Bertz CT molecular complexity index is 451. The first-order chi connectivity index (χ1) is 8.57. The van der Waals surface area contributed by atoms with Crippen molar-refractivity contribution in [1.29, 1.82) is 0 Å². The average Bonchev–Trinajstić information content (AvgIpc) is 2.73. The number of nitrogens with one attached hydrogen (secondary N) is 1. The van der Waals surface area contributed by atoms with E-state index in [0.717, 1.165) is 9.88 Å². The summed E-state index contributed by atoms with van der Waals surface area (Å²) in [5.41, 5.74) is -1.93. The first kappa shape index (κ1) is 16.1. The number of aromatic nitrogens is 1. The maximum atomic E-state index is 11.1. The third-order valence-corrected chi connectivity index (χ3v) is 4.31. The van der Waals surface area contributed by atoms with Crippen LogP contribution in [0.3, 0.4) is 0 Å². The van der Waals surface area contributed by atoms with Crippen molar-refractivity contribution >= 4 is 17.3 Å². The van der Waals surface area contributed by atoms with Crippen molar-refractivity contribution in [2.75, 3.05) is 0 Å². The van der Waals surface area contributed by atoms with Gasteiger partial charge in [-0.25, -0.2) is 9.78 Å². The largest absolute Gasteiger partial charge is 0.478 e. The molecule has 0 saturated heterocycles. The summed E-state index contributed by atoms with van der Waals surface area (Å²) in [7, 11) is 0. The number of hydrogen-bond acceptors (Lipinski definition) is 5. The molecule has 0 aliphatic carbocycles. The van der Waals surface area contributed by atoms with Crippen LogP contribution in [-0.4, -0.2) is 26.9 Å². The summed E-state index contributed by atoms with van der Waals surface area (Å²) in [5.74, 6) is -1.69. The third-order valence-electron chi connectivity index (χ3n) is 2.89. The molecule has 0 unspecified atom stereocenters. The molecule has 0 radical (unpaired) electrons. The second-order valence-corrected chi connectivity index (χ2v) is 7.08. The van der Waals surface area contributed by atoms with Gasteiger partial charge in [-0.1, -0.05) is 34.6 Å². The highest BCUT2D eigenvalue weighted by Crippen LogP contribution is 2.27. The van der Waals surface area contributed by atoms with Crippen LogP contribution in [0.5, 0.6) is 0 Å². The number of carboxylic acids is 1. The Hall–Kier alpha value is -0.980. The van der Waals surface area contributed by atoms with Crippen molar-refractivity contribution in [1.82, 2.24) is 10.3 Å². The molecule has 1 atom stereocenters. The van der Waals surface area contributed by atoms with E-state index >= 15 is 0 Å². The molecule has 1 heterocycles. The number of nitrogens with zero attached hydrogens (tertiary/aromatic N) is 1. The number of thiazole rings is 1. The molecule has 0 bridgehead atoms. The van der Waals surface area contributed by atoms with Gasteiger partial charge in [-0.15, -0.1) is 11.3 Å². The van der Waals surface area contributed by atoms with Crippen LogP contribution in [-0.2, 0) is 16.8 Å². The molecule has 1 rings (SSSR count). The van der Waals surface area contributed by atoms with Gasteiger partial charge in [0.2, 0.25) is 5.72 Å². The van der Waals surface area contributed by atoms with Crippen molar-refractivity contribution in [2.24, 2.45) is 5.92 Å². The van der Waals surface area contributed by atoms with Crippen LogP contribution in [0.2, 0.25) is 0 Å². The van der Waals surface area contributed by atoms with Crippen LogP contribution in [0.1, 0.15) is 44.5 Å². The van der Waals surface area contributed by atoms with Gasteiger partial charge in [0.15, 0.2) is 0 Å². The smallest absolute Gasteiger partial charge is 0.351 e. The summed E-state index contributed by atoms with van der Waals surface area (Å²) in [6, 6.07) is 0. The number of aliphatic carboxylic acids is 1. The minimum atomic E-state index is -1.91. The maximum absolute atomic E-state index is 11.1. The fraction of sp³-hybridized carbons (Fsp3) is 0.692. The Balaban J connectivity index is 2.76. The summed E-state index contributed by atoms with van der Waals surface area (Å²) in [6.45, 7) is 9.83. The lowest BCUT2D eigenvalue weighted by Crippen LogP contribution is -2.55. The Morgan fingerprint density at radius 3 is 2.42 bits per heavy atom. The maximum Gasteiger partial charge on any atom is 0.351 e. The van der Waals surface area contributed by atoms with E-state index in [0.29, 0.717) is 0 Å². The van der Waals surface area contributed by atoms with E-state index in [9.17, 15) is 9.90 Å². The zero-order valence-electron chi connectivity index (χ0n) is 12.0. The minimum absolute atomic E-state index is 0.0237. The van der Waals surface area contributed by atoms with Crippen LogP contribution in [0, 0.1) is 5.92 Å². The number of rotatable bonds is 5. The molecule has 3 N–H and O–H groups in total. The van der Waals surface area contributed by atoms with Gasteiger partial charge < -0.3 is 10.2 Å². The second-order valence-electron chi connectivity index (χ2n) is 5.96. The van der Waals surface area contributed by atoms with E-state index in [1.165, 1.54) is 11.3 Å². The fourth-order valence-electron chi connectivity index (χ4n) is 1.48. The molecule has 19 heavy (non-hydrogen) atoms. The van der Waals surface area contributed by atoms with E-state index < -0.39 is 17.6 Å². The molecule has 5 nitrogen and oxygen atoms in total. The molecule has 0 saturated carbocycles. The van der Waals surface area contributed by atoms with Crippen LogP contribution < -0.4 is 5.32 Å². The van der Waals surface area contributed by atoms with Gasteiger partial charge in [-0.05, 0) is 0 Å². The highest BCUT2D eigenvalue weighted by Gasteiger charge is 2.39. The molecule has 1 aromatic rings. The number of carbonyl (C=O) groups is 1. The molecular weight excluding hydrogens is 264 g/mol. The Kier molecular flexibility index (Phi) is 4.71. The van der Waals surface area contributed by atoms with Gasteiger partial charge in [0, 0.05) is 29.0 Å². The first-order valence-electron chi connectivity index (χ1n) is 6.23. The van der Waals surface area contributed by atoms with Crippen LogP contribution in [0.25, 0.3) is 0 Å². The second kappa shape index (κ2) is 5.56. The summed E-state index contributed by atoms with van der Waals surface area (Å²) in [6.07, 6.45) is 1.72. The molecule has 1 aromatic heterocycles. The van der Waals surface area contributed by atoms with Crippen LogP contribution in [0.4, 0.5) is 0 Å². The van der Waals surface area contributed by atoms with E-state index in [2.05, 4.69) is 31.1 Å². The molecule has 6 heteroatoms. The Morgan fingerprint density at radius 2 is 2.05 bits per heavy atom. The van der Waals surface area contributed by atoms with Gasteiger partial charge in [-0.2, -0.15) is 0 Å². The molecule has 0 aliphatic heterocycles. The van der Waals surface area contributed by atoms with Crippen molar-refractivity contribution in [3.05, 3.63) is 16.1 Å². The molecule has 0 spiro atoms. The van der Waals surface area contributed by atoms with Crippen molar-refractivity contribution in [3.63, 3.8) is 0 Å². The topological polar surface area (TPSA) is 82.5 Å². The lowest BCUT2D eigenvalue weighted by molar-refractivity contribution is -0.168. The van der Waals surface area contributed by atoms with E-state index in [-0.39, 0.29) is 12.0 Å². The summed E-state index contributed by atoms with van der Waals surface area (Å²) in [4.78, 5) is 16.4. The molecule has 0 aromatic carbocycles. The lowest BCUT2D eigenvalue weighted by atomic mass is 9.98. The molecular formula is C13H22N2O3S. The summed E-state index contributed by atoms with van der Waals surface area (Å²) >= 11 is 1.53. The molecule has 108 valence electrons. The first-order valence-corrected chi connectivity index (χ1v) is 7.05. The lowest BCUT2D eigenvalue weighted by Gasteiger charge is -2.28. The van der Waals surface area contributed by atoms with Crippen LogP contribution >= 0.6 is 11.3 Å². The van der Waals surface area contributed by atoms with Crippen molar-refractivity contribution in [2.45, 2.75) is 52.3 Å². The van der Waals surface area contributed by atoms with Crippen LogP contribution in [0.15, 0.2) is 6.20 Å². The SMILES string of the molecule is CC(C)[C@@](O)(NCc1cnc(C(C)(C)C)s1)C(=O)O. The van der Waals surface area contributed by atoms with Gasteiger partial charge in [0.1, 0.15) is 0 Å². The predicted molar refractivity (Wildman–Crippen MR) is 75.1 cm³/mol. The van der Waals surface area contributed by atoms with E-state index in [1.54, 1.807) is 20.0 Å². The zero-order chi connectivity index (χ0) is 14.8. The monoisotopic (exact) mass is 286 g/mol. The van der Waals surface area contributed by atoms with E-state index in [4.69, 9.17) is 5.11 Å². The summed E-state index contributed by atoms with van der Waals surface area (Å²) < 4.78 is 0. The Morgan fingerprint density at radius 1 is 1.47 bits per heavy atom. The van der Waals surface area contributed by atoms with Gasteiger partial charge in [0.05, 0.1) is 5.01 Å². The standard InChI is InChI=1S/C13H22N2O3S/c1-8(2)13(18,11(16)17)15-7-9-6-14-10(19-9)12(3,4)5/h6,8,15,18H,7H2,1-5H3,(H,16,17)/t13-/m0/s1. The summed E-state index contributed by atoms with van der Waals surface area (Å²) in [5, 5.41) is 22.9. The van der Waals surface area contributed by atoms with Crippen molar-refractivity contribution in [3.8, 4) is 0 Å². The molecule has 0 amide bonds. The quantitative estimate of drug-likeness (QED) is 0.721. The van der Waals surface area contributed by atoms with Gasteiger partial charge in [0.25, 0.3) is 0 Å². The number of carboxylic acid groups (broad SMARTS) is 1. The fourth-order valence-corrected chi connectivity index (χ4v) is 2.39. The van der Waals surface area contributed by atoms with Crippen molar-refractivity contribution < 1.29 is 15.0 Å². The highest BCUT2D eigenvalue weighted by molar-refractivity contribution is 7.11.